The van der Waals surface area contributed by atoms with Crippen LogP contribution in [0.5, 0.6) is 0 Å². The zero-order chi connectivity index (χ0) is 12.0. The van der Waals surface area contributed by atoms with Crippen LogP contribution in [0, 0.1) is 5.82 Å². The number of hydrogen-bond acceptors (Lipinski definition) is 2. The normalized spacial score (nSPS) is 11.2. The maximum Gasteiger partial charge on any atom is 0.331 e. The van der Waals surface area contributed by atoms with Crippen molar-refractivity contribution in [3.05, 3.63) is 51.0 Å². The summed E-state index contributed by atoms with van der Waals surface area (Å²) < 4.78 is 15.2. The van der Waals surface area contributed by atoms with Crippen molar-refractivity contribution in [2.75, 3.05) is 0 Å². The molecule has 17 heavy (non-hydrogen) atoms. The summed E-state index contributed by atoms with van der Waals surface area (Å²) in [5.74, 6) is -0.382. The molecule has 2 aromatic heterocycles. The van der Waals surface area contributed by atoms with E-state index in [2.05, 4.69) is 4.98 Å². The monoisotopic (exact) mass is 268 g/mol. The Balaban J connectivity index is 2.39. The van der Waals surface area contributed by atoms with Gasteiger partial charge >= 0.3 is 5.69 Å². The number of hydrogen-bond donors (Lipinski definition) is 1. The Morgan fingerprint density at radius 2 is 2.12 bits per heavy atom. The van der Waals surface area contributed by atoms with Gasteiger partial charge < -0.3 is 4.98 Å². The summed E-state index contributed by atoms with van der Waals surface area (Å²) in [6.07, 6.45) is 0. The van der Waals surface area contributed by atoms with Crippen LogP contribution < -0.4 is 5.69 Å². The van der Waals surface area contributed by atoms with E-state index in [1.807, 2.05) is 0 Å². The number of benzene rings is 1. The molecule has 0 atom stereocenters. The first-order chi connectivity index (χ1) is 8.15. The molecule has 0 saturated carbocycles. The summed E-state index contributed by atoms with van der Waals surface area (Å²) in [5, 5.41) is 0.664. The minimum absolute atomic E-state index is 0.302. The predicted octanol–water partition coefficient (Wildman–Crippen LogP) is 3.17. The molecule has 2 heterocycles. The molecular weight excluding hydrogens is 263 g/mol. The highest BCUT2D eigenvalue weighted by atomic mass is 35.5. The highest BCUT2D eigenvalue weighted by molar-refractivity contribution is 7.18. The number of aromatic nitrogens is 2. The standard InChI is InChI=1S/C11H6ClFN2OS/c12-9-3-4-10(17-9)15-8-5-6(13)1-2-7(8)14-11(15)16/h1-5H,(H,14,16). The third-order valence-corrected chi connectivity index (χ3v) is 3.64. The van der Waals surface area contributed by atoms with E-state index >= 15 is 0 Å². The van der Waals surface area contributed by atoms with Gasteiger partial charge in [-0.2, -0.15) is 0 Å². The first kappa shape index (κ1) is 10.6. The maximum atomic E-state index is 13.2. The molecule has 1 N–H and O–H groups in total. The van der Waals surface area contributed by atoms with E-state index < -0.39 is 0 Å². The van der Waals surface area contributed by atoms with E-state index in [0.29, 0.717) is 20.4 Å². The van der Waals surface area contributed by atoms with Crippen molar-refractivity contribution < 1.29 is 4.39 Å². The molecule has 0 aliphatic rings. The van der Waals surface area contributed by atoms with Gasteiger partial charge in [0.25, 0.3) is 0 Å². The van der Waals surface area contributed by atoms with Crippen molar-refractivity contribution >= 4 is 34.0 Å². The topological polar surface area (TPSA) is 37.8 Å². The number of halogens is 2. The Morgan fingerprint density at radius 3 is 2.82 bits per heavy atom. The first-order valence-electron chi connectivity index (χ1n) is 4.81. The zero-order valence-electron chi connectivity index (χ0n) is 8.41. The molecule has 0 saturated heterocycles. The SMILES string of the molecule is O=c1[nH]c2ccc(F)cc2n1-c1ccc(Cl)s1. The van der Waals surface area contributed by atoms with Crippen LogP contribution in [0.25, 0.3) is 16.0 Å². The Labute approximate surface area is 104 Å². The Morgan fingerprint density at radius 1 is 1.29 bits per heavy atom. The van der Waals surface area contributed by atoms with Crippen molar-refractivity contribution in [3.8, 4) is 5.00 Å². The summed E-state index contributed by atoms with van der Waals surface area (Å²) >= 11 is 7.10. The molecule has 1 aromatic carbocycles. The molecular formula is C11H6ClFN2OS. The van der Waals surface area contributed by atoms with Gasteiger partial charge in [0, 0.05) is 6.07 Å². The quantitative estimate of drug-likeness (QED) is 0.723. The smallest absolute Gasteiger partial charge is 0.305 e. The second kappa shape index (κ2) is 3.72. The number of H-pyrrole nitrogens is 1. The Kier molecular flexibility index (Phi) is 2.31. The van der Waals surface area contributed by atoms with Crippen LogP contribution in [0.1, 0.15) is 0 Å². The lowest BCUT2D eigenvalue weighted by atomic mass is 10.3. The van der Waals surface area contributed by atoms with Gasteiger partial charge in [-0.3, -0.25) is 4.57 Å². The highest BCUT2D eigenvalue weighted by Gasteiger charge is 2.11. The van der Waals surface area contributed by atoms with Gasteiger partial charge in [0.1, 0.15) is 10.8 Å². The van der Waals surface area contributed by atoms with E-state index in [1.54, 1.807) is 12.1 Å². The van der Waals surface area contributed by atoms with Crippen LogP contribution in [0.15, 0.2) is 35.1 Å². The summed E-state index contributed by atoms with van der Waals surface area (Å²) in [6.45, 7) is 0. The van der Waals surface area contributed by atoms with Crippen molar-refractivity contribution in [3.63, 3.8) is 0 Å². The maximum absolute atomic E-state index is 13.2. The molecule has 3 nitrogen and oxygen atoms in total. The highest BCUT2D eigenvalue weighted by Crippen LogP contribution is 2.26. The molecule has 0 bridgehead atoms. The summed E-state index contributed by atoms with van der Waals surface area (Å²) in [4.78, 5) is 14.5. The van der Waals surface area contributed by atoms with Gasteiger partial charge in [-0.15, -0.1) is 11.3 Å². The number of nitrogens with one attached hydrogen (secondary N) is 1. The summed E-state index contributed by atoms with van der Waals surface area (Å²) in [6, 6.07) is 7.60. The third kappa shape index (κ3) is 1.67. The van der Waals surface area contributed by atoms with Crippen molar-refractivity contribution in [2.45, 2.75) is 0 Å². The van der Waals surface area contributed by atoms with Gasteiger partial charge in [-0.25, -0.2) is 9.18 Å². The van der Waals surface area contributed by atoms with Crippen LogP contribution in [0.3, 0.4) is 0 Å². The van der Waals surface area contributed by atoms with Crippen LogP contribution >= 0.6 is 22.9 Å². The second-order valence-electron chi connectivity index (χ2n) is 3.50. The molecule has 0 aliphatic heterocycles. The average molecular weight is 269 g/mol. The fourth-order valence-electron chi connectivity index (χ4n) is 1.72. The molecule has 0 spiro atoms. The number of rotatable bonds is 1. The number of fused-ring (bicyclic) bond motifs is 1. The van der Waals surface area contributed by atoms with Crippen LogP contribution in [0.4, 0.5) is 4.39 Å². The van der Waals surface area contributed by atoms with E-state index in [0.717, 1.165) is 0 Å². The lowest BCUT2D eigenvalue weighted by molar-refractivity contribution is 0.629. The lowest BCUT2D eigenvalue weighted by Gasteiger charge is -1.98. The Bertz CT molecular complexity index is 758. The van der Waals surface area contributed by atoms with Crippen molar-refractivity contribution in [1.29, 1.82) is 0 Å². The van der Waals surface area contributed by atoms with Crippen LogP contribution in [0.2, 0.25) is 4.34 Å². The minimum atomic E-state index is -0.382. The molecule has 0 aliphatic carbocycles. The Hall–Kier alpha value is -1.59. The molecule has 0 radical (unpaired) electrons. The molecule has 0 amide bonds. The van der Waals surface area contributed by atoms with Gasteiger partial charge in [0.05, 0.1) is 15.4 Å². The van der Waals surface area contributed by atoms with Crippen molar-refractivity contribution in [1.82, 2.24) is 9.55 Å². The van der Waals surface area contributed by atoms with E-state index in [-0.39, 0.29) is 11.5 Å². The van der Waals surface area contributed by atoms with E-state index in [1.165, 1.54) is 34.1 Å². The number of nitrogens with zero attached hydrogens (tertiary/aromatic N) is 1. The van der Waals surface area contributed by atoms with Gasteiger partial charge in [-0.1, -0.05) is 11.6 Å². The average Bonchev–Trinajstić information content (AvgIpc) is 2.81. The zero-order valence-corrected chi connectivity index (χ0v) is 9.98. The first-order valence-corrected chi connectivity index (χ1v) is 6.00. The van der Waals surface area contributed by atoms with Gasteiger partial charge in [0.2, 0.25) is 0 Å². The third-order valence-electron chi connectivity index (χ3n) is 2.42. The fraction of sp³-hybridized carbons (Fsp3) is 0. The van der Waals surface area contributed by atoms with E-state index in [9.17, 15) is 9.18 Å². The summed E-state index contributed by atoms with van der Waals surface area (Å²) in [5.41, 5.74) is 0.804. The lowest BCUT2D eigenvalue weighted by Crippen LogP contribution is -2.13. The fourth-order valence-corrected chi connectivity index (χ4v) is 2.76. The number of aromatic amines is 1. The van der Waals surface area contributed by atoms with E-state index in [4.69, 9.17) is 11.6 Å². The molecule has 86 valence electrons. The molecule has 3 aromatic rings. The van der Waals surface area contributed by atoms with Gasteiger partial charge in [0.15, 0.2) is 0 Å². The number of thiophene rings is 1. The summed E-state index contributed by atoms with van der Waals surface area (Å²) in [7, 11) is 0. The molecule has 3 rings (SSSR count). The minimum Gasteiger partial charge on any atom is -0.305 e. The van der Waals surface area contributed by atoms with Gasteiger partial charge in [-0.05, 0) is 24.3 Å². The molecule has 6 heteroatoms. The molecule has 0 unspecified atom stereocenters. The molecule has 0 fully saturated rings. The van der Waals surface area contributed by atoms with Crippen LogP contribution in [-0.4, -0.2) is 9.55 Å². The number of imidazole rings is 1. The van der Waals surface area contributed by atoms with Crippen LogP contribution in [-0.2, 0) is 0 Å². The second-order valence-corrected chi connectivity index (χ2v) is 5.20. The predicted molar refractivity (Wildman–Crippen MR) is 66.7 cm³/mol. The van der Waals surface area contributed by atoms with Crippen molar-refractivity contribution in [2.24, 2.45) is 0 Å². The largest absolute Gasteiger partial charge is 0.331 e.